The summed E-state index contributed by atoms with van der Waals surface area (Å²) in [5.74, 6) is 0.115. The summed E-state index contributed by atoms with van der Waals surface area (Å²) in [6, 6.07) is 15.1. The summed E-state index contributed by atoms with van der Waals surface area (Å²) in [5, 5.41) is 3.28. The van der Waals surface area contributed by atoms with E-state index in [2.05, 4.69) is 54.1 Å². The van der Waals surface area contributed by atoms with Gasteiger partial charge in [0.2, 0.25) is 0 Å². The Hall–Kier alpha value is -2.24. The van der Waals surface area contributed by atoms with Crippen molar-refractivity contribution in [3.63, 3.8) is 0 Å². The second-order valence-electron chi connectivity index (χ2n) is 7.33. The van der Waals surface area contributed by atoms with Crippen LogP contribution >= 0.6 is 11.3 Å². The van der Waals surface area contributed by atoms with Crippen molar-refractivity contribution in [1.82, 2.24) is 14.8 Å². The highest BCUT2D eigenvalue weighted by Crippen LogP contribution is 2.32. The number of nitrogens with zero attached hydrogens (tertiary/aromatic N) is 3. The molecule has 1 aliphatic rings. The van der Waals surface area contributed by atoms with Crippen LogP contribution in [0.4, 0.5) is 0 Å². The lowest BCUT2D eigenvalue weighted by atomic mass is 10.1. The van der Waals surface area contributed by atoms with Gasteiger partial charge < -0.3 is 4.90 Å². The Morgan fingerprint density at radius 2 is 1.85 bits per heavy atom. The van der Waals surface area contributed by atoms with E-state index in [9.17, 15) is 4.79 Å². The zero-order valence-corrected chi connectivity index (χ0v) is 16.7. The fourth-order valence-corrected chi connectivity index (χ4v) is 4.65. The summed E-state index contributed by atoms with van der Waals surface area (Å²) in [6.07, 6.45) is 2.77. The van der Waals surface area contributed by atoms with Crippen molar-refractivity contribution in [2.45, 2.75) is 26.3 Å². The number of amides is 1. The van der Waals surface area contributed by atoms with Crippen LogP contribution in [0.15, 0.2) is 48.7 Å². The highest BCUT2D eigenvalue weighted by molar-refractivity contribution is 7.17. The predicted octanol–water partition coefficient (Wildman–Crippen LogP) is 4.52. The van der Waals surface area contributed by atoms with Crippen LogP contribution in [0, 0.1) is 0 Å². The Morgan fingerprint density at radius 1 is 1.04 bits per heavy atom. The lowest BCUT2D eigenvalue weighted by Crippen LogP contribution is -2.37. The van der Waals surface area contributed by atoms with Gasteiger partial charge in [-0.1, -0.05) is 42.5 Å². The quantitative estimate of drug-likeness (QED) is 0.671. The van der Waals surface area contributed by atoms with Gasteiger partial charge >= 0.3 is 0 Å². The summed E-state index contributed by atoms with van der Waals surface area (Å²) < 4.78 is 0. The van der Waals surface area contributed by atoms with Crippen molar-refractivity contribution < 1.29 is 4.79 Å². The van der Waals surface area contributed by atoms with E-state index in [0.29, 0.717) is 6.04 Å². The van der Waals surface area contributed by atoms with E-state index in [1.807, 2.05) is 17.0 Å². The molecule has 4 nitrogen and oxygen atoms in total. The molecule has 0 unspecified atom stereocenters. The number of fused-ring (bicyclic) bond motifs is 1. The zero-order valence-electron chi connectivity index (χ0n) is 15.9. The van der Waals surface area contributed by atoms with Gasteiger partial charge in [-0.25, -0.2) is 4.98 Å². The van der Waals surface area contributed by atoms with Crippen LogP contribution in [0.1, 0.15) is 29.9 Å². The van der Waals surface area contributed by atoms with E-state index in [0.717, 1.165) is 48.0 Å². The van der Waals surface area contributed by atoms with Crippen molar-refractivity contribution in [3.05, 3.63) is 53.5 Å². The maximum absolute atomic E-state index is 13.0. The predicted molar refractivity (Wildman–Crippen MR) is 112 cm³/mol. The molecule has 1 aliphatic heterocycles. The molecule has 0 N–H and O–H groups in total. The van der Waals surface area contributed by atoms with Crippen LogP contribution in [0.5, 0.6) is 0 Å². The van der Waals surface area contributed by atoms with E-state index >= 15 is 0 Å². The molecule has 27 heavy (non-hydrogen) atoms. The van der Waals surface area contributed by atoms with Gasteiger partial charge in [-0.05, 0) is 31.0 Å². The fraction of sp³-hybridized carbons (Fsp3) is 0.364. The molecule has 1 saturated heterocycles. The van der Waals surface area contributed by atoms with Crippen molar-refractivity contribution in [3.8, 4) is 10.6 Å². The monoisotopic (exact) mass is 379 g/mol. The molecule has 0 bridgehead atoms. The first-order chi connectivity index (χ1) is 13.1. The van der Waals surface area contributed by atoms with Crippen molar-refractivity contribution in [1.29, 1.82) is 0 Å². The standard InChI is InChI=1S/C22H25N3OS/c1-16(2)24-11-6-12-25(14-13-24)22(26)20-15-23-21(27-20)19-10-5-8-17-7-3-4-9-18(17)19/h3-5,7-10,15-16H,6,11-14H2,1-2H3. The number of benzene rings is 2. The molecular weight excluding hydrogens is 354 g/mol. The minimum atomic E-state index is 0.115. The molecule has 4 rings (SSSR count). The Morgan fingerprint density at radius 3 is 2.70 bits per heavy atom. The second kappa shape index (κ2) is 7.79. The van der Waals surface area contributed by atoms with Crippen LogP contribution in [-0.2, 0) is 0 Å². The molecule has 2 heterocycles. The zero-order chi connectivity index (χ0) is 18.8. The highest BCUT2D eigenvalue weighted by atomic mass is 32.1. The molecule has 5 heteroatoms. The summed E-state index contributed by atoms with van der Waals surface area (Å²) in [7, 11) is 0. The van der Waals surface area contributed by atoms with E-state index < -0.39 is 0 Å². The van der Waals surface area contributed by atoms with Crippen molar-refractivity contribution in [2.75, 3.05) is 26.2 Å². The van der Waals surface area contributed by atoms with Gasteiger partial charge in [0.15, 0.2) is 0 Å². The number of thiazole rings is 1. The molecule has 0 radical (unpaired) electrons. The van der Waals surface area contributed by atoms with Crippen molar-refractivity contribution in [2.24, 2.45) is 0 Å². The molecule has 1 amide bonds. The number of aromatic nitrogens is 1. The topological polar surface area (TPSA) is 36.4 Å². The molecule has 0 aliphatic carbocycles. The van der Waals surface area contributed by atoms with Gasteiger partial charge in [0.05, 0.1) is 6.20 Å². The van der Waals surface area contributed by atoms with Crippen LogP contribution in [-0.4, -0.2) is 52.9 Å². The summed E-state index contributed by atoms with van der Waals surface area (Å²) >= 11 is 1.50. The second-order valence-corrected chi connectivity index (χ2v) is 8.36. The van der Waals surface area contributed by atoms with E-state index in [1.165, 1.54) is 22.1 Å². The Kier molecular flexibility index (Phi) is 5.23. The van der Waals surface area contributed by atoms with Gasteiger partial charge in [-0.2, -0.15) is 0 Å². The smallest absolute Gasteiger partial charge is 0.265 e. The summed E-state index contributed by atoms with van der Waals surface area (Å²) in [4.78, 5) is 22.8. The molecule has 1 fully saturated rings. The fourth-order valence-electron chi connectivity index (χ4n) is 3.72. The minimum absolute atomic E-state index is 0.115. The van der Waals surface area contributed by atoms with Gasteiger partial charge in [0.25, 0.3) is 5.91 Å². The highest BCUT2D eigenvalue weighted by Gasteiger charge is 2.23. The molecule has 0 atom stereocenters. The van der Waals surface area contributed by atoms with Crippen molar-refractivity contribution >= 4 is 28.0 Å². The number of carbonyl (C=O) groups excluding carboxylic acids is 1. The molecule has 1 aromatic heterocycles. The van der Waals surface area contributed by atoms with Gasteiger partial charge in [0, 0.05) is 37.8 Å². The number of hydrogen-bond donors (Lipinski definition) is 0. The maximum atomic E-state index is 13.0. The van der Waals surface area contributed by atoms with Gasteiger partial charge in [-0.3, -0.25) is 9.69 Å². The van der Waals surface area contributed by atoms with Crippen LogP contribution in [0.3, 0.4) is 0 Å². The van der Waals surface area contributed by atoms with Gasteiger partial charge in [0.1, 0.15) is 9.88 Å². The van der Waals surface area contributed by atoms with Crippen LogP contribution in [0.2, 0.25) is 0 Å². The molecule has 0 saturated carbocycles. The number of carbonyl (C=O) groups is 1. The van der Waals surface area contributed by atoms with E-state index in [-0.39, 0.29) is 5.91 Å². The first-order valence-electron chi connectivity index (χ1n) is 9.61. The Balaban J connectivity index is 1.56. The third kappa shape index (κ3) is 3.75. The number of rotatable bonds is 3. The third-order valence-electron chi connectivity index (χ3n) is 5.28. The maximum Gasteiger partial charge on any atom is 0.265 e. The lowest BCUT2D eigenvalue weighted by molar-refractivity contribution is 0.0764. The molecule has 0 spiro atoms. The largest absolute Gasteiger partial charge is 0.337 e. The van der Waals surface area contributed by atoms with Gasteiger partial charge in [-0.15, -0.1) is 11.3 Å². The SMILES string of the molecule is CC(C)N1CCCN(C(=O)c2cnc(-c3cccc4ccccc34)s2)CC1. The third-order valence-corrected chi connectivity index (χ3v) is 6.30. The van der Waals surface area contributed by atoms with E-state index in [1.54, 1.807) is 6.20 Å². The molecule has 3 aromatic rings. The normalized spacial score (nSPS) is 16.0. The molecular formula is C22H25N3OS. The number of hydrogen-bond acceptors (Lipinski definition) is 4. The Bertz CT molecular complexity index is 944. The minimum Gasteiger partial charge on any atom is -0.337 e. The summed E-state index contributed by atoms with van der Waals surface area (Å²) in [5.41, 5.74) is 1.10. The average Bonchev–Trinajstić information content (AvgIpc) is 3.04. The first kappa shape index (κ1) is 18.1. The Labute approximate surface area is 164 Å². The molecule has 140 valence electrons. The first-order valence-corrected chi connectivity index (χ1v) is 10.4. The summed E-state index contributed by atoms with van der Waals surface area (Å²) in [6.45, 7) is 8.06. The lowest BCUT2D eigenvalue weighted by Gasteiger charge is -2.24. The molecule has 2 aromatic carbocycles. The van der Waals surface area contributed by atoms with Crippen LogP contribution < -0.4 is 0 Å². The van der Waals surface area contributed by atoms with Crippen LogP contribution in [0.25, 0.3) is 21.3 Å². The average molecular weight is 380 g/mol. The van der Waals surface area contributed by atoms with E-state index in [4.69, 9.17) is 0 Å².